The summed E-state index contributed by atoms with van der Waals surface area (Å²) in [5.74, 6) is -1.26. The van der Waals surface area contributed by atoms with E-state index in [1.165, 1.54) is 0 Å². The number of hydrogen-bond acceptors (Lipinski definition) is 3. The number of nitrogens with one attached hydrogen (secondary N) is 2. The number of likely N-dealkylation sites (N-methyl/N-ethyl adjacent to an activating group) is 1. The second kappa shape index (κ2) is 8.16. The number of halogens is 4. The molecule has 2 N–H and O–H groups in total. The molecule has 0 heterocycles. The minimum Gasteiger partial charge on any atom is -0.354 e. The van der Waals surface area contributed by atoms with Crippen LogP contribution in [-0.4, -0.2) is 43.9 Å². The number of carbonyl (C=O) groups excluding carboxylic acids is 2. The number of nitrogens with zero attached hydrogens (tertiary/aromatic N) is 1. The Morgan fingerprint density at radius 2 is 1.87 bits per heavy atom. The quantitative estimate of drug-likeness (QED) is 0.773. The van der Waals surface area contributed by atoms with Crippen LogP contribution >= 0.6 is 11.6 Å². The van der Waals surface area contributed by atoms with Crippen LogP contribution in [0.4, 0.5) is 18.9 Å². The topological polar surface area (TPSA) is 61.4 Å². The third-order valence-electron chi connectivity index (χ3n) is 2.77. The number of anilines is 1. The molecule has 0 bridgehead atoms. The van der Waals surface area contributed by atoms with Gasteiger partial charge >= 0.3 is 6.18 Å². The Kier molecular flexibility index (Phi) is 6.83. The van der Waals surface area contributed by atoms with Gasteiger partial charge in [-0.05, 0) is 32.3 Å². The maximum Gasteiger partial charge on any atom is 0.416 e. The second-order valence-electron chi connectivity index (χ2n) is 5.07. The Morgan fingerprint density at radius 1 is 1.22 bits per heavy atom. The fourth-order valence-electron chi connectivity index (χ4n) is 1.62. The molecule has 1 aromatic carbocycles. The molecule has 0 aromatic heterocycles. The molecule has 0 radical (unpaired) electrons. The second-order valence-corrected chi connectivity index (χ2v) is 5.48. The zero-order valence-corrected chi connectivity index (χ0v) is 13.4. The van der Waals surface area contributed by atoms with E-state index in [1.54, 1.807) is 0 Å². The highest BCUT2D eigenvalue weighted by atomic mass is 35.5. The number of carbonyl (C=O) groups is 2. The van der Waals surface area contributed by atoms with Gasteiger partial charge in [0.05, 0.1) is 16.3 Å². The molecule has 2 amide bonds. The van der Waals surface area contributed by atoms with Crippen molar-refractivity contribution < 1.29 is 22.8 Å². The van der Waals surface area contributed by atoms with Crippen LogP contribution in [0.15, 0.2) is 18.2 Å². The van der Waals surface area contributed by atoms with Crippen LogP contribution in [0.1, 0.15) is 12.0 Å². The fourth-order valence-corrected chi connectivity index (χ4v) is 1.78. The third kappa shape index (κ3) is 6.87. The molecule has 0 saturated heterocycles. The fraction of sp³-hybridized carbons (Fsp3) is 0.429. The molecule has 0 atom stereocenters. The first-order chi connectivity index (χ1) is 10.6. The lowest BCUT2D eigenvalue weighted by Gasteiger charge is -2.12. The molecule has 1 rings (SSSR count). The van der Waals surface area contributed by atoms with Crippen molar-refractivity contribution in [2.45, 2.75) is 12.6 Å². The molecular formula is C14H17ClF3N3O2. The maximum absolute atomic E-state index is 12.6. The number of benzene rings is 1. The van der Waals surface area contributed by atoms with Crippen LogP contribution < -0.4 is 10.6 Å². The molecule has 23 heavy (non-hydrogen) atoms. The molecule has 0 aliphatic rings. The van der Waals surface area contributed by atoms with Gasteiger partial charge in [-0.3, -0.25) is 9.59 Å². The predicted molar refractivity (Wildman–Crippen MR) is 81.3 cm³/mol. The van der Waals surface area contributed by atoms with Gasteiger partial charge in [-0.2, -0.15) is 13.2 Å². The largest absolute Gasteiger partial charge is 0.416 e. The van der Waals surface area contributed by atoms with Crippen LogP contribution in [-0.2, 0) is 15.8 Å². The summed E-state index contributed by atoms with van der Waals surface area (Å²) < 4.78 is 37.9. The van der Waals surface area contributed by atoms with Gasteiger partial charge in [0, 0.05) is 13.1 Å². The molecule has 0 aliphatic carbocycles. The molecule has 0 fully saturated rings. The summed E-state index contributed by atoms with van der Waals surface area (Å²) in [4.78, 5) is 25.1. The van der Waals surface area contributed by atoms with Crippen LogP contribution in [0, 0.1) is 0 Å². The summed E-state index contributed by atoms with van der Waals surface area (Å²) in [5, 5.41) is 4.69. The smallest absolute Gasteiger partial charge is 0.354 e. The van der Waals surface area contributed by atoms with E-state index in [1.807, 2.05) is 19.0 Å². The predicted octanol–water partition coefficient (Wildman–Crippen LogP) is 2.37. The first-order valence-electron chi connectivity index (χ1n) is 6.67. The Labute approximate surface area is 136 Å². The SMILES string of the molecule is CN(C)CCNC(=O)CC(=O)Nc1cc(C(F)(F)F)ccc1Cl. The third-order valence-corrected chi connectivity index (χ3v) is 3.10. The molecule has 9 heteroatoms. The Balaban J connectivity index is 2.62. The average Bonchev–Trinajstić information content (AvgIpc) is 2.39. The molecule has 128 valence electrons. The van der Waals surface area contributed by atoms with Crippen LogP contribution in [0.3, 0.4) is 0 Å². The summed E-state index contributed by atoms with van der Waals surface area (Å²) in [6, 6.07) is 2.58. The van der Waals surface area contributed by atoms with Gasteiger partial charge < -0.3 is 15.5 Å². The minimum absolute atomic E-state index is 0.0423. The highest BCUT2D eigenvalue weighted by Crippen LogP contribution is 2.33. The van der Waals surface area contributed by atoms with Gasteiger partial charge in [-0.15, -0.1) is 0 Å². The zero-order chi connectivity index (χ0) is 17.6. The molecule has 0 saturated carbocycles. The van der Waals surface area contributed by atoms with Crippen molar-refractivity contribution in [3.05, 3.63) is 28.8 Å². The zero-order valence-electron chi connectivity index (χ0n) is 12.6. The summed E-state index contributed by atoms with van der Waals surface area (Å²) in [6.45, 7) is 0.968. The first-order valence-corrected chi connectivity index (χ1v) is 7.05. The van der Waals surface area contributed by atoms with Crippen molar-refractivity contribution in [1.82, 2.24) is 10.2 Å². The highest BCUT2D eigenvalue weighted by molar-refractivity contribution is 6.33. The van der Waals surface area contributed by atoms with Gasteiger partial charge in [-0.25, -0.2) is 0 Å². The van der Waals surface area contributed by atoms with E-state index in [4.69, 9.17) is 11.6 Å². The van der Waals surface area contributed by atoms with Crippen molar-refractivity contribution in [3.63, 3.8) is 0 Å². The average molecular weight is 352 g/mol. The molecule has 1 aromatic rings. The van der Waals surface area contributed by atoms with Gasteiger partial charge in [0.15, 0.2) is 0 Å². The van der Waals surface area contributed by atoms with E-state index in [9.17, 15) is 22.8 Å². The molecule has 5 nitrogen and oxygen atoms in total. The monoisotopic (exact) mass is 351 g/mol. The van der Waals surface area contributed by atoms with Gasteiger partial charge in [-0.1, -0.05) is 11.6 Å². The van der Waals surface area contributed by atoms with Crippen molar-refractivity contribution >= 4 is 29.1 Å². The lowest BCUT2D eigenvalue weighted by atomic mass is 10.2. The van der Waals surface area contributed by atoms with E-state index in [2.05, 4.69) is 10.6 Å². The molecule has 0 aliphatic heterocycles. The summed E-state index contributed by atoms with van der Waals surface area (Å²) in [7, 11) is 3.66. The van der Waals surface area contributed by atoms with Crippen molar-refractivity contribution in [3.8, 4) is 0 Å². The first kappa shape index (κ1) is 19.2. The van der Waals surface area contributed by atoms with Crippen molar-refractivity contribution in [2.75, 3.05) is 32.5 Å². The molecule has 0 unspecified atom stereocenters. The maximum atomic E-state index is 12.6. The van der Waals surface area contributed by atoms with Crippen molar-refractivity contribution in [1.29, 1.82) is 0 Å². The molecule has 0 spiro atoms. The standard InChI is InChI=1S/C14H17ClF3N3O2/c1-21(2)6-5-19-12(22)8-13(23)20-11-7-9(14(16,17)18)3-4-10(11)15/h3-4,7H,5-6,8H2,1-2H3,(H,19,22)(H,20,23). The van der Waals surface area contributed by atoms with Gasteiger partial charge in [0.25, 0.3) is 0 Å². The highest BCUT2D eigenvalue weighted by Gasteiger charge is 2.31. The molecular weight excluding hydrogens is 335 g/mol. The lowest BCUT2D eigenvalue weighted by Crippen LogP contribution is -2.33. The number of amides is 2. The Hall–Kier alpha value is -1.80. The van der Waals surface area contributed by atoms with E-state index < -0.39 is 30.0 Å². The van der Waals surface area contributed by atoms with E-state index in [0.29, 0.717) is 13.1 Å². The van der Waals surface area contributed by atoms with Gasteiger partial charge in [0.2, 0.25) is 11.8 Å². The summed E-state index contributed by atoms with van der Waals surface area (Å²) in [5.41, 5.74) is -1.12. The number of rotatable bonds is 6. The summed E-state index contributed by atoms with van der Waals surface area (Å²) in [6.07, 6.45) is -5.05. The lowest BCUT2D eigenvalue weighted by molar-refractivity contribution is -0.137. The van der Waals surface area contributed by atoms with Crippen molar-refractivity contribution in [2.24, 2.45) is 0 Å². The summed E-state index contributed by atoms with van der Waals surface area (Å²) >= 11 is 5.76. The van der Waals surface area contributed by atoms with Crippen LogP contribution in [0.5, 0.6) is 0 Å². The minimum atomic E-state index is -4.55. The van der Waals surface area contributed by atoms with Crippen LogP contribution in [0.25, 0.3) is 0 Å². The van der Waals surface area contributed by atoms with E-state index in [0.717, 1.165) is 18.2 Å². The van der Waals surface area contributed by atoms with Gasteiger partial charge in [0.1, 0.15) is 6.42 Å². The number of alkyl halides is 3. The Morgan fingerprint density at radius 3 is 2.43 bits per heavy atom. The van der Waals surface area contributed by atoms with Crippen LogP contribution in [0.2, 0.25) is 5.02 Å². The number of hydrogen-bond donors (Lipinski definition) is 2. The normalized spacial score (nSPS) is 11.4. The Bertz CT molecular complexity index is 577. The van der Waals surface area contributed by atoms with E-state index in [-0.39, 0.29) is 10.7 Å². The van der Waals surface area contributed by atoms with E-state index >= 15 is 0 Å².